The van der Waals surface area contributed by atoms with Gasteiger partial charge in [-0.05, 0) is 18.1 Å². The molecule has 1 amide bonds. The van der Waals surface area contributed by atoms with Crippen molar-refractivity contribution in [3.8, 4) is 6.07 Å². The van der Waals surface area contributed by atoms with Gasteiger partial charge in [0, 0.05) is 32.2 Å². The van der Waals surface area contributed by atoms with Gasteiger partial charge in [-0.1, -0.05) is 19.1 Å². The van der Waals surface area contributed by atoms with Crippen LogP contribution in [-0.4, -0.2) is 59.5 Å². The minimum atomic E-state index is -0.793. The number of benzene rings is 1. The topological polar surface area (TPSA) is 112 Å². The van der Waals surface area contributed by atoms with Crippen LogP contribution in [0, 0.1) is 33.3 Å². The lowest BCUT2D eigenvalue weighted by Crippen LogP contribution is -2.41. The Morgan fingerprint density at radius 1 is 1.42 bits per heavy atom. The number of carbonyl (C=O) groups excluding carboxylic acids is 1. The number of amides is 1. The van der Waals surface area contributed by atoms with Crippen molar-refractivity contribution in [2.45, 2.75) is 6.92 Å². The maximum absolute atomic E-state index is 12.9. The number of hydrogen-bond acceptors (Lipinski definition) is 5. The van der Waals surface area contributed by atoms with E-state index in [9.17, 15) is 20.2 Å². The summed E-state index contributed by atoms with van der Waals surface area (Å²) >= 11 is 0. The van der Waals surface area contributed by atoms with Gasteiger partial charge in [0.1, 0.15) is 5.10 Å². The van der Waals surface area contributed by atoms with E-state index >= 15 is 0 Å². The average Bonchev–Trinajstić information content (AvgIpc) is 3.21. The number of rotatable bonds is 4. The second-order valence-corrected chi connectivity index (χ2v) is 6.47. The van der Waals surface area contributed by atoms with Crippen molar-refractivity contribution in [2.24, 2.45) is 16.9 Å². The highest BCUT2D eigenvalue weighted by Gasteiger charge is 2.38. The Bertz CT molecular complexity index is 788. The van der Waals surface area contributed by atoms with Gasteiger partial charge < -0.3 is 9.64 Å². The molecule has 2 atom stereocenters. The van der Waals surface area contributed by atoms with E-state index in [0.29, 0.717) is 32.2 Å². The quantitative estimate of drug-likeness (QED) is 0.590. The van der Waals surface area contributed by atoms with E-state index in [2.05, 4.69) is 12.0 Å². The molecule has 9 heteroatoms. The third-order valence-corrected chi connectivity index (χ3v) is 4.78. The number of nitrogens with zero attached hydrogens (tertiary/aromatic N) is 5. The number of hydrazone groups is 1. The van der Waals surface area contributed by atoms with Crippen molar-refractivity contribution in [1.82, 2.24) is 9.80 Å². The summed E-state index contributed by atoms with van der Waals surface area (Å²) in [6, 6.07) is 8.39. The monoisotopic (exact) mass is 357 g/mol. The molecule has 3 rings (SSSR count). The van der Waals surface area contributed by atoms with E-state index in [1.807, 2.05) is 6.07 Å². The Hall–Kier alpha value is -2.99. The summed E-state index contributed by atoms with van der Waals surface area (Å²) in [6.07, 6.45) is 0. The van der Waals surface area contributed by atoms with Crippen LogP contribution in [0.1, 0.15) is 22.8 Å². The molecule has 1 aromatic rings. The third-order valence-electron chi connectivity index (χ3n) is 4.78. The first kappa shape index (κ1) is 17.8. The van der Waals surface area contributed by atoms with Gasteiger partial charge in [0.05, 0.1) is 23.8 Å². The van der Waals surface area contributed by atoms with Crippen molar-refractivity contribution in [2.75, 3.05) is 32.8 Å². The number of hydrogen-bond donors (Lipinski definition) is 0. The zero-order valence-electron chi connectivity index (χ0n) is 14.4. The minimum Gasteiger partial charge on any atom is -0.381 e. The van der Waals surface area contributed by atoms with Crippen molar-refractivity contribution in [1.29, 1.82) is 5.26 Å². The molecule has 0 N–H and O–H groups in total. The second kappa shape index (κ2) is 7.49. The lowest BCUT2D eigenvalue weighted by atomic mass is 9.98. The maximum Gasteiger partial charge on any atom is 0.281 e. The van der Waals surface area contributed by atoms with E-state index in [1.165, 1.54) is 4.90 Å². The van der Waals surface area contributed by atoms with Crippen LogP contribution >= 0.6 is 0 Å². The van der Waals surface area contributed by atoms with Crippen molar-refractivity contribution >= 4 is 11.9 Å². The molecule has 0 saturated carbocycles. The van der Waals surface area contributed by atoms with Gasteiger partial charge in [0.2, 0.25) is 0 Å². The predicted octanol–water partition coefficient (Wildman–Crippen LogP) is 1.15. The average molecular weight is 357 g/mol. The molecule has 2 saturated heterocycles. The summed E-state index contributed by atoms with van der Waals surface area (Å²) in [5.74, 6) is 0.136. The fourth-order valence-corrected chi connectivity index (χ4v) is 3.28. The molecule has 0 spiro atoms. The first-order valence-corrected chi connectivity index (χ1v) is 8.38. The summed E-state index contributed by atoms with van der Waals surface area (Å²) in [5.41, 5.74) is 0.444. The zero-order valence-corrected chi connectivity index (χ0v) is 14.4. The first-order chi connectivity index (χ1) is 12.5. The molecule has 26 heavy (non-hydrogen) atoms. The molecular formula is C17H19N5O4. The normalized spacial score (nSPS) is 24.1. The Labute approximate surface area is 150 Å². The second-order valence-electron chi connectivity index (χ2n) is 6.47. The number of nitro groups is 1. The molecule has 9 nitrogen and oxygen atoms in total. The Morgan fingerprint density at radius 3 is 2.85 bits per heavy atom. The largest absolute Gasteiger partial charge is 0.381 e. The fraction of sp³-hybridized carbons (Fsp3) is 0.471. The molecule has 136 valence electrons. The van der Waals surface area contributed by atoms with Crippen LogP contribution < -0.4 is 0 Å². The van der Waals surface area contributed by atoms with Crippen LogP contribution in [-0.2, 0) is 4.74 Å². The van der Waals surface area contributed by atoms with E-state index in [0.717, 1.165) is 0 Å². The highest BCUT2D eigenvalue weighted by molar-refractivity contribution is 6.07. The summed E-state index contributed by atoms with van der Waals surface area (Å²) in [4.78, 5) is 26.9. The molecule has 2 unspecified atom stereocenters. The van der Waals surface area contributed by atoms with Gasteiger partial charge in [0.15, 0.2) is 5.03 Å². The van der Waals surface area contributed by atoms with E-state index in [1.54, 1.807) is 29.2 Å². The Balaban J connectivity index is 1.86. The van der Waals surface area contributed by atoms with Crippen LogP contribution in [0.4, 0.5) is 0 Å². The molecule has 0 aliphatic carbocycles. The van der Waals surface area contributed by atoms with Crippen LogP contribution in [0.3, 0.4) is 0 Å². The Morgan fingerprint density at radius 2 is 2.19 bits per heavy atom. The predicted molar refractivity (Wildman–Crippen MR) is 91.7 cm³/mol. The molecule has 2 fully saturated rings. The van der Waals surface area contributed by atoms with Gasteiger partial charge in [-0.3, -0.25) is 9.69 Å². The van der Waals surface area contributed by atoms with Gasteiger partial charge >= 0.3 is 0 Å². The molecule has 0 aromatic heterocycles. The number of carbonyl (C=O) groups is 1. The summed E-state index contributed by atoms with van der Waals surface area (Å²) in [7, 11) is 0. The summed E-state index contributed by atoms with van der Waals surface area (Å²) in [6.45, 7) is 4.61. The highest BCUT2D eigenvalue weighted by Crippen LogP contribution is 2.24. The van der Waals surface area contributed by atoms with Crippen LogP contribution in [0.2, 0.25) is 0 Å². The molecule has 2 heterocycles. The number of ether oxygens (including phenoxy) is 1. The standard InChI is InChI=1S/C17H19N5O4/c1-12-10-26-11-14(12)9-20-6-7-21(17(20)19-22(24)25)16(23)15-5-3-2-4-13(15)8-18/h2-5,12,14H,6-7,9-11H2,1H3. The van der Waals surface area contributed by atoms with Gasteiger partial charge in [-0.25, -0.2) is 10.1 Å². The SMILES string of the molecule is CC1COCC1CN1CCN(C(=O)c2ccccc2C#N)C1=N[N+](=O)[O-]. The summed E-state index contributed by atoms with van der Waals surface area (Å²) < 4.78 is 5.45. The smallest absolute Gasteiger partial charge is 0.281 e. The van der Waals surface area contributed by atoms with E-state index in [-0.39, 0.29) is 29.5 Å². The summed E-state index contributed by atoms with van der Waals surface area (Å²) in [5, 5.41) is 22.9. The first-order valence-electron chi connectivity index (χ1n) is 8.38. The lowest BCUT2D eigenvalue weighted by Gasteiger charge is -2.23. The zero-order chi connectivity index (χ0) is 18.7. The lowest BCUT2D eigenvalue weighted by molar-refractivity contribution is -0.486. The molecule has 1 aromatic carbocycles. The van der Waals surface area contributed by atoms with Crippen molar-refractivity contribution < 1.29 is 14.6 Å². The van der Waals surface area contributed by atoms with Crippen molar-refractivity contribution in [3.05, 3.63) is 45.5 Å². The van der Waals surface area contributed by atoms with Crippen LogP contribution in [0.15, 0.2) is 29.4 Å². The molecule has 0 bridgehead atoms. The van der Waals surface area contributed by atoms with Crippen molar-refractivity contribution in [3.63, 3.8) is 0 Å². The highest BCUT2D eigenvalue weighted by atomic mass is 16.7. The van der Waals surface area contributed by atoms with E-state index in [4.69, 9.17) is 4.74 Å². The van der Waals surface area contributed by atoms with Gasteiger partial charge in [-0.2, -0.15) is 5.26 Å². The third kappa shape index (κ3) is 3.50. The number of guanidine groups is 1. The van der Waals surface area contributed by atoms with E-state index < -0.39 is 10.9 Å². The van der Waals surface area contributed by atoms with Gasteiger partial charge in [0.25, 0.3) is 11.9 Å². The molecule has 2 aliphatic rings. The molecule has 0 radical (unpaired) electrons. The van der Waals surface area contributed by atoms with Crippen LogP contribution in [0.5, 0.6) is 0 Å². The van der Waals surface area contributed by atoms with Crippen LogP contribution in [0.25, 0.3) is 0 Å². The minimum absolute atomic E-state index is 0.0202. The molecular weight excluding hydrogens is 338 g/mol. The van der Waals surface area contributed by atoms with Gasteiger partial charge in [-0.15, -0.1) is 0 Å². The Kier molecular flexibility index (Phi) is 5.14. The fourth-order valence-electron chi connectivity index (χ4n) is 3.28. The maximum atomic E-state index is 12.9. The number of nitriles is 1. The molecule has 2 aliphatic heterocycles.